The number of hydrogen-bond donors (Lipinski definition) is 1. The largest absolute Gasteiger partial charge is 0.469 e. The highest BCUT2D eigenvalue weighted by molar-refractivity contribution is 7.10. The van der Waals surface area contributed by atoms with Crippen molar-refractivity contribution in [3.63, 3.8) is 0 Å². The van der Waals surface area contributed by atoms with Crippen LogP contribution in [0.1, 0.15) is 22.9 Å². The summed E-state index contributed by atoms with van der Waals surface area (Å²) in [6, 6.07) is 1.71. The molecule has 0 aromatic carbocycles. The molecule has 0 amide bonds. The monoisotopic (exact) mass is 199 g/mol. The molecule has 1 unspecified atom stereocenters. The minimum atomic E-state index is -0.266. The summed E-state index contributed by atoms with van der Waals surface area (Å²) in [5.41, 5.74) is 6.86. The number of ether oxygens (including phenoxy) is 1. The van der Waals surface area contributed by atoms with E-state index in [0.717, 1.165) is 10.4 Å². The van der Waals surface area contributed by atoms with E-state index in [0.29, 0.717) is 0 Å². The van der Waals surface area contributed by atoms with Crippen LogP contribution in [0.5, 0.6) is 0 Å². The van der Waals surface area contributed by atoms with Crippen molar-refractivity contribution in [1.82, 2.24) is 0 Å². The van der Waals surface area contributed by atoms with Crippen LogP contribution in [0.2, 0.25) is 0 Å². The van der Waals surface area contributed by atoms with Gasteiger partial charge in [0.05, 0.1) is 13.5 Å². The number of aryl methyl sites for hydroxylation is 1. The maximum atomic E-state index is 10.9. The van der Waals surface area contributed by atoms with Gasteiger partial charge in [-0.15, -0.1) is 11.3 Å². The van der Waals surface area contributed by atoms with Gasteiger partial charge in [-0.25, -0.2) is 0 Å². The van der Waals surface area contributed by atoms with Crippen molar-refractivity contribution in [2.45, 2.75) is 19.4 Å². The second kappa shape index (κ2) is 4.39. The van der Waals surface area contributed by atoms with Gasteiger partial charge in [-0.1, -0.05) is 0 Å². The first-order chi connectivity index (χ1) is 6.15. The van der Waals surface area contributed by atoms with E-state index in [4.69, 9.17) is 5.73 Å². The Kier molecular flexibility index (Phi) is 3.45. The van der Waals surface area contributed by atoms with Crippen LogP contribution in [-0.2, 0) is 9.53 Å². The fourth-order valence-electron chi connectivity index (χ4n) is 1.15. The zero-order valence-corrected chi connectivity index (χ0v) is 8.56. The molecule has 0 radical (unpaired) electrons. The van der Waals surface area contributed by atoms with E-state index < -0.39 is 0 Å². The summed E-state index contributed by atoms with van der Waals surface area (Å²) in [4.78, 5) is 12.1. The molecule has 0 aliphatic rings. The lowest BCUT2D eigenvalue weighted by Gasteiger charge is -2.09. The second-order valence-electron chi connectivity index (χ2n) is 2.82. The van der Waals surface area contributed by atoms with Gasteiger partial charge in [-0.3, -0.25) is 4.79 Å². The molecule has 1 atom stereocenters. The molecular weight excluding hydrogens is 186 g/mol. The molecule has 0 saturated heterocycles. The van der Waals surface area contributed by atoms with Crippen LogP contribution in [0.25, 0.3) is 0 Å². The number of carbonyl (C=O) groups is 1. The highest BCUT2D eigenvalue weighted by atomic mass is 32.1. The van der Waals surface area contributed by atoms with Crippen molar-refractivity contribution < 1.29 is 9.53 Å². The van der Waals surface area contributed by atoms with E-state index in [1.165, 1.54) is 7.11 Å². The Morgan fingerprint density at radius 2 is 2.46 bits per heavy atom. The van der Waals surface area contributed by atoms with Crippen molar-refractivity contribution in [2.75, 3.05) is 7.11 Å². The third kappa shape index (κ3) is 2.54. The first-order valence-corrected chi connectivity index (χ1v) is 4.89. The van der Waals surface area contributed by atoms with Crippen molar-refractivity contribution in [2.24, 2.45) is 5.73 Å². The summed E-state index contributed by atoms with van der Waals surface area (Å²) >= 11 is 1.64. The van der Waals surface area contributed by atoms with Crippen LogP contribution in [0.3, 0.4) is 0 Å². The molecule has 1 aromatic rings. The molecule has 0 spiro atoms. The molecule has 3 nitrogen and oxygen atoms in total. The summed E-state index contributed by atoms with van der Waals surface area (Å²) in [6.07, 6.45) is 0.244. The zero-order valence-electron chi connectivity index (χ0n) is 7.74. The van der Waals surface area contributed by atoms with Crippen LogP contribution in [0, 0.1) is 6.92 Å². The van der Waals surface area contributed by atoms with E-state index >= 15 is 0 Å². The lowest BCUT2D eigenvalue weighted by Crippen LogP contribution is -2.16. The number of thiophene rings is 1. The van der Waals surface area contributed by atoms with E-state index in [-0.39, 0.29) is 18.4 Å². The van der Waals surface area contributed by atoms with Gasteiger partial charge in [-0.2, -0.15) is 0 Å². The minimum absolute atomic E-state index is 0.237. The van der Waals surface area contributed by atoms with Gasteiger partial charge in [-0.05, 0) is 23.9 Å². The van der Waals surface area contributed by atoms with E-state index in [2.05, 4.69) is 4.74 Å². The number of hydrogen-bond acceptors (Lipinski definition) is 4. The first kappa shape index (κ1) is 10.2. The first-order valence-electron chi connectivity index (χ1n) is 4.01. The molecule has 0 fully saturated rings. The van der Waals surface area contributed by atoms with E-state index in [1.807, 2.05) is 18.4 Å². The molecule has 72 valence electrons. The summed E-state index contributed by atoms with van der Waals surface area (Å²) in [5.74, 6) is -0.266. The standard InChI is InChI=1S/C9H13NO2S/c1-6-7(3-4-13-6)8(10)5-9(11)12-2/h3-4,8H,5,10H2,1-2H3. The van der Waals surface area contributed by atoms with Gasteiger partial charge in [0.2, 0.25) is 0 Å². The number of rotatable bonds is 3. The Balaban J connectivity index is 2.63. The Morgan fingerprint density at radius 1 is 1.77 bits per heavy atom. The molecule has 1 rings (SSSR count). The molecule has 0 bridgehead atoms. The molecule has 4 heteroatoms. The van der Waals surface area contributed by atoms with E-state index in [9.17, 15) is 4.79 Å². The Labute approximate surface area is 81.5 Å². The summed E-state index contributed by atoms with van der Waals surface area (Å²) in [7, 11) is 1.37. The van der Waals surface area contributed by atoms with Gasteiger partial charge >= 0.3 is 5.97 Å². The number of esters is 1. The Morgan fingerprint density at radius 3 is 2.92 bits per heavy atom. The quantitative estimate of drug-likeness (QED) is 0.752. The maximum absolute atomic E-state index is 10.9. The SMILES string of the molecule is COC(=O)CC(N)c1ccsc1C. The van der Waals surface area contributed by atoms with Crippen molar-refractivity contribution in [1.29, 1.82) is 0 Å². The average molecular weight is 199 g/mol. The Hall–Kier alpha value is -0.870. The van der Waals surface area contributed by atoms with Crippen LogP contribution < -0.4 is 5.73 Å². The Bertz CT molecular complexity index is 296. The third-order valence-electron chi connectivity index (χ3n) is 1.91. The summed E-state index contributed by atoms with van der Waals surface area (Å²) < 4.78 is 4.54. The molecular formula is C9H13NO2S. The predicted octanol–water partition coefficient (Wildman–Crippen LogP) is 1.62. The highest BCUT2D eigenvalue weighted by Gasteiger charge is 2.14. The van der Waals surface area contributed by atoms with Gasteiger partial charge in [0, 0.05) is 10.9 Å². The topological polar surface area (TPSA) is 52.3 Å². The minimum Gasteiger partial charge on any atom is -0.469 e. The fourth-order valence-corrected chi connectivity index (χ4v) is 1.93. The van der Waals surface area contributed by atoms with Crippen LogP contribution in [0.15, 0.2) is 11.4 Å². The number of carbonyl (C=O) groups excluding carboxylic acids is 1. The second-order valence-corrected chi connectivity index (χ2v) is 3.94. The summed E-state index contributed by atoms with van der Waals surface area (Å²) in [5, 5.41) is 1.97. The van der Waals surface area contributed by atoms with Crippen molar-refractivity contribution in [3.8, 4) is 0 Å². The van der Waals surface area contributed by atoms with Crippen LogP contribution >= 0.6 is 11.3 Å². The van der Waals surface area contributed by atoms with Gasteiger partial charge in [0.1, 0.15) is 0 Å². The van der Waals surface area contributed by atoms with Crippen LogP contribution in [0.4, 0.5) is 0 Å². The zero-order chi connectivity index (χ0) is 9.84. The normalized spacial score (nSPS) is 12.5. The number of nitrogens with two attached hydrogens (primary N) is 1. The van der Waals surface area contributed by atoms with Crippen molar-refractivity contribution >= 4 is 17.3 Å². The van der Waals surface area contributed by atoms with Gasteiger partial charge in [0.15, 0.2) is 0 Å². The lowest BCUT2D eigenvalue weighted by atomic mass is 10.1. The lowest BCUT2D eigenvalue weighted by molar-refractivity contribution is -0.141. The van der Waals surface area contributed by atoms with Gasteiger partial charge in [0.25, 0.3) is 0 Å². The highest BCUT2D eigenvalue weighted by Crippen LogP contribution is 2.23. The smallest absolute Gasteiger partial charge is 0.307 e. The maximum Gasteiger partial charge on any atom is 0.307 e. The molecule has 1 heterocycles. The fraction of sp³-hybridized carbons (Fsp3) is 0.444. The molecule has 13 heavy (non-hydrogen) atoms. The van der Waals surface area contributed by atoms with E-state index in [1.54, 1.807) is 11.3 Å². The average Bonchev–Trinajstić information content (AvgIpc) is 2.51. The third-order valence-corrected chi connectivity index (χ3v) is 2.77. The van der Waals surface area contributed by atoms with Gasteiger partial charge < -0.3 is 10.5 Å². The molecule has 0 saturated carbocycles. The molecule has 2 N–H and O–H groups in total. The van der Waals surface area contributed by atoms with Crippen molar-refractivity contribution in [3.05, 3.63) is 21.9 Å². The van der Waals surface area contributed by atoms with Crippen LogP contribution in [-0.4, -0.2) is 13.1 Å². The number of methoxy groups -OCH3 is 1. The molecule has 0 aliphatic heterocycles. The predicted molar refractivity (Wildman–Crippen MR) is 52.6 cm³/mol. The molecule has 1 aromatic heterocycles. The molecule has 0 aliphatic carbocycles. The summed E-state index contributed by atoms with van der Waals surface area (Å²) in [6.45, 7) is 2.00.